The Morgan fingerprint density at radius 1 is 0.809 bits per heavy atom. The maximum Gasteiger partial charge on any atom is 0.264 e. The summed E-state index contributed by atoms with van der Waals surface area (Å²) in [6.45, 7) is 1.48. The number of halogens is 2. The fourth-order valence-electron chi connectivity index (χ4n) is 6.04. The standard InChI is InChI=1S/C37H39Cl2N3O4S/c1-27-12-11-15-29(20-27)25-41(35(21-28-13-5-2-6-14-28)37(44)40-32-16-7-3-8-17-32)36(43)26-42(33-23-30(38)22-31(39)24-33)47(45,46)34-18-9-4-10-19-34/h2,4-6,9-15,18-20,22-24,32,35H,3,7-8,16-17,21,25-26H2,1H3,(H,40,44)/t35-/m1/s1. The first-order valence-electron chi connectivity index (χ1n) is 15.8. The van der Waals surface area contributed by atoms with Gasteiger partial charge in [0.15, 0.2) is 0 Å². The van der Waals surface area contributed by atoms with Crippen LogP contribution in [0.25, 0.3) is 0 Å². The van der Waals surface area contributed by atoms with E-state index in [1.807, 2.05) is 61.5 Å². The fraction of sp³-hybridized carbons (Fsp3) is 0.297. The van der Waals surface area contributed by atoms with Gasteiger partial charge in [-0.05, 0) is 61.2 Å². The minimum Gasteiger partial charge on any atom is -0.352 e. The summed E-state index contributed by atoms with van der Waals surface area (Å²) in [5, 5.41) is 3.67. The molecular weight excluding hydrogens is 653 g/mol. The molecule has 10 heteroatoms. The summed E-state index contributed by atoms with van der Waals surface area (Å²) in [5.41, 5.74) is 2.85. The number of hydrogen-bond acceptors (Lipinski definition) is 4. The maximum atomic E-state index is 14.7. The lowest BCUT2D eigenvalue weighted by Crippen LogP contribution is -2.55. The quantitative estimate of drug-likeness (QED) is 0.166. The van der Waals surface area contributed by atoms with E-state index in [0.717, 1.165) is 53.1 Å². The molecule has 0 saturated heterocycles. The van der Waals surface area contributed by atoms with Crippen LogP contribution in [-0.4, -0.2) is 43.8 Å². The van der Waals surface area contributed by atoms with E-state index >= 15 is 0 Å². The highest BCUT2D eigenvalue weighted by Crippen LogP contribution is 2.30. The molecule has 4 aromatic carbocycles. The van der Waals surface area contributed by atoms with Crippen LogP contribution in [0.5, 0.6) is 0 Å². The Hall–Kier alpha value is -3.85. The first-order valence-corrected chi connectivity index (χ1v) is 18.0. The number of sulfonamides is 1. The van der Waals surface area contributed by atoms with Crippen molar-refractivity contribution in [1.29, 1.82) is 0 Å². The van der Waals surface area contributed by atoms with Crippen molar-refractivity contribution in [3.63, 3.8) is 0 Å². The molecule has 0 aromatic heterocycles. The van der Waals surface area contributed by atoms with E-state index in [1.54, 1.807) is 18.2 Å². The zero-order valence-corrected chi connectivity index (χ0v) is 28.6. The summed E-state index contributed by atoms with van der Waals surface area (Å²) in [6.07, 6.45) is 5.23. The predicted molar refractivity (Wildman–Crippen MR) is 188 cm³/mol. The van der Waals surface area contributed by atoms with Crippen molar-refractivity contribution in [3.8, 4) is 0 Å². The Morgan fingerprint density at radius 2 is 1.43 bits per heavy atom. The molecule has 1 fully saturated rings. The molecule has 4 aromatic rings. The molecule has 0 spiro atoms. The minimum atomic E-state index is -4.26. The topological polar surface area (TPSA) is 86.8 Å². The Labute approximate surface area is 287 Å². The predicted octanol–water partition coefficient (Wildman–Crippen LogP) is 7.59. The van der Waals surface area contributed by atoms with E-state index in [1.165, 1.54) is 35.2 Å². The normalized spacial score (nSPS) is 14.3. The molecule has 0 radical (unpaired) electrons. The van der Waals surface area contributed by atoms with Gasteiger partial charge in [0.1, 0.15) is 12.6 Å². The molecule has 7 nitrogen and oxygen atoms in total. The lowest BCUT2D eigenvalue weighted by Gasteiger charge is -2.35. The van der Waals surface area contributed by atoms with Crippen molar-refractivity contribution < 1.29 is 18.0 Å². The van der Waals surface area contributed by atoms with Crippen molar-refractivity contribution in [2.75, 3.05) is 10.8 Å². The number of carbonyl (C=O) groups is 2. The molecule has 47 heavy (non-hydrogen) atoms. The molecular formula is C37H39Cl2N3O4S. The van der Waals surface area contributed by atoms with E-state index < -0.39 is 28.5 Å². The van der Waals surface area contributed by atoms with Crippen molar-refractivity contribution in [3.05, 3.63) is 130 Å². The number of aryl methyl sites for hydroxylation is 1. The Bertz CT molecular complexity index is 1760. The number of hydrogen-bond donors (Lipinski definition) is 1. The average Bonchev–Trinajstić information content (AvgIpc) is 3.06. The number of nitrogens with one attached hydrogen (secondary N) is 1. The number of carbonyl (C=O) groups excluding carboxylic acids is 2. The number of benzene rings is 4. The second-order valence-corrected chi connectivity index (χ2v) is 14.7. The van der Waals surface area contributed by atoms with Crippen LogP contribution in [0.3, 0.4) is 0 Å². The summed E-state index contributed by atoms with van der Waals surface area (Å²) >= 11 is 12.7. The molecule has 5 rings (SSSR count). The molecule has 1 aliphatic rings. The smallest absolute Gasteiger partial charge is 0.264 e. The third-order valence-corrected chi connectivity index (χ3v) is 10.6. The van der Waals surface area contributed by atoms with Gasteiger partial charge in [0, 0.05) is 29.1 Å². The Balaban J connectivity index is 1.58. The molecule has 1 atom stereocenters. The Morgan fingerprint density at radius 3 is 2.06 bits per heavy atom. The number of anilines is 1. The zero-order chi connectivity index (χ0) is 33.4. The zero-order valence-electron chi connectivity index (χ0n) is 26.3. The van der Waals surface area contributed by atoms with E-state index in [2.05, 4.69) is 5.32 Å². The molecule has 0 unspecified atom stereocenters. The second-order valence-electron chi connectivity index (χ2n) is 12.0. The molecule has 0 heterocycles. The molecule has 2 amide bonds. The highest BCUT2D eigenvalue weighted by Gasteiger charge is 2.35. The number of rotatable bonds is 12. The van der Waals surface area contributed by atoms with Crippen LogP contribution in [0.2, 0.25) is 10.0 Å². The van der Waals surface area contributed by atoms with E-state index in [4.69, 9.17) is 23.2 Å². The van der Waals surface area contributed by atoms with Gasteiger partial charge in [0.05, 0.1) is 10.6 Å². The maximum absolute atomic E-state index is 14.7. The first-order chi connectivity index (χ1) is 22.6. The van der Waals surface area contributed by atoms with Crippen LogP contribution >= 0.6 is 23.2 Å². The van der Waals surface area contributed by atoms with Crippen LogP contribution in [0.4, 0.5) is 5.69 Å². The second kappa shape index (κ2) is 15.8. The highest BCUT2D eigenvalue weighted by atomic mass is 35.5. The molecule has 0 bridgehead atoms. The van der Waals surface area contributed by atoms with Gasteiger partial charge in [-0.2, -0.15) is 0 Å². The van der Waals surface area contributed by atoms with Gasteiger partial charge in [0.2, 0.25) is 11.8 Å². The highest BCUT2D eigenvalue weighted by molar-refractivity contribution is 7.92. The van der Waals surface area contributed by atoms with Crippen molar-refractivity contribution in [1.82, 2.24) is 10.2 Å². The minimum absolute atomic E-state index is 0.00464. The molecule has 1 N–H and O–H groups in total. The summed E-state index contributed by atoms with van der Waals surface area (Å²) in [4.78, 5) is 30.4. The summed E-state index contributed by atoms with van der Waals surface area (Å²) in [5.74, 6) is -0.799. The molecule has 246 valence electrons. The van der Waals surface area contributed by atoms with Crippen LogP contribution in [0.15, 0.2) is 108 Å². The SMILES string of the molecule is Cc1cccc(CN(C(=O)CN(c2cc(Cl)cc(Cl)c2)S(=O)(=O)c2ccccc2)[C@H](Cc2ccccc2)C(=O)NC2CCCCC2)c1. The van der Waals surface area contributed by atoms with Gasteiger partial charge in [-0.15, -0.1) is 0 Å². The first kappa shape index (κ1) is 34.5. The average molecular weight is 693 g/mol. The lowest BCUT2D eigenvalue weighted by atomic mass is 9.94. The van der Waals surface area contributed by atoms with E-state index in [9.17, 15) is 18.0 Å². The third-order valence-electron chi connectivity index (χ3n) is 8.40. The van der Waals surface area contributed by atoms with Gasteiger partial charge in [-0.25, -0.2) is 8.42 Å². The van der Waals surface area contributed by atoms with Gasteiger partial charge < -0.3 is 10.2 Å². The van der Waals surface area contributed by atoms with Crippen molar-refractivity contribution in [2.24, 2.45) is 0 Å². The summed E-state index contributed by atoms with van der Waals surface area (Å²) < 4.78 is 29.3. The number of nitrogens with zero attached hydrogens (tertiary/aromatic N) is 2. The van der Waals surface area contributed by atoms with Crippen LogP contribution < -0.4 is 9.62 Å². The van der Waals surface area contributed by atoms with Crippen molar-refractivity contribution in [2.45, 2.75) is 69.0 Å². The van der Waals surface area contributed by atoms with Crippen LogP contribution in [-0.2, 0) is 32.6 Å². The largest absolute Gasteiger partial charge is 0.352 e. The van der Waals surface area contributed by atoms with E-state index in [0.29, 0.717) is 0 Å². The monoisotopic (exact) mass is 691 g/mol. The summed E-state index contributed by atoms with van der Waals surface area (Å²) in [6, 6.07) is 28.7. The van der Waals surface area contributed by atoms with Gasteiger partial charge >= 0.3 is 0 Å². The lowest BCUT2D eigenvalue weighted by molar-refractivity contribution is -0.140. The van der Waals surface area contributed by atoms with Crippen LogP contribution in [0, 0.1) is 6.92 Å². The number of amides is 2. The molecule has 1 aliphatic carbocycles. The van der Waals surface area contributed by atoms with Gasteiger partial charge in [0.25, 0.3) is 10.0 Å². The van der Waals surface area contributed by atoms with Gasteiger partial charge in [-0.1, -0.05) is 121 Å². The Kier molecular flexibility index (Phi) is 11.6. The fourth-order valence-corrected chi connectivity index (χ4v) is 7.97. The molecule has 0 aliphatic heterocycles. The third kappa shape index (κ3) is 9.15. The van der Waals surface area contributed by atoms with E-state index in [-0.39, 0.29) is 45.5 Å². The summed E-state index contributed by atoms with van der Waals surface area (Å²) in [7, 11) is -4.26. The molecule has 1 saturated carbocycles. The van der Waals surface area contributed by atoms with Crippen molar-refractivity contribution >= 4 is 50.7 Å². The van der Waals surface area contributed by atoms with Gasteiger partial charge in [-0.3, -0.25) is 13.9 Å². The van der Waals surface area contributed by atoms with Crippen LogP contribution in [0.1, 0.15) is 48.8 Å².